The van der Waals surface area contributed by atoms with Gasteiger partial charge in [0, 0.05) is 29.5 Å². The number of hydrogen-bond donors (Lipinski definition) is 4. The van der Waals surface area contributed by atoms with Crippen LogP contribution in [0, 0.1) is 0 Å². The van der Waals surface area contributed by atoms with Gasteiger partial charge in [-0.3, -0.25) is 14.4 Å². The predicted molar refractivity (Wildman–Crippen MR) is 137 cm³/mol. The van der Waals surface area contributed by atoms with Crippen molar-refractivity contribution in [2.24, 2.45) is 0 Å². The number of amides is 3. The van der Waals surface area contributed by atoms with E-state index < -0.39 is 0 Å². The summed E-state index contributed by atoms with van der Waals surface area (Å²) >= 11 is 6.25. The van der Waals surface area contributed by atoms with Gasteiger partial charge in [0.1, 0.15) is 0 Å². The maximum atomic E-state index is 12.7. The molecule has 0 spiro atoms. The minimum atomic E-state index is -0.279. The summed E-state index contributed by atoms with van der Waals surface area (Å²) in [7, 11) is 0. The molecule has 4 N–H and O–H groups in total. The number of halogens is 1. The predicted octanol–water partition coefficient (Wildman–Crippen LogP) is 4.98. The Balaban J connectivity index is 1.54. The summed E-state index contributed by atoms with van der Waals surface area (Å²) in [5.74, 6) is -0.638. The summed E-state index contributed by atoms with van der Waals surface area (Å²) in [5, 5.41) is 12.1. The molecule has 3 rings (SSSR count). The highest BCUT2D eigenvalue weighted by atomic mass is 35.5. The third kappa shape index (κ3) is 7.76. The van der Waals surface area contributed by atoms with E-state index in [4.69, 9.17) is 11.6 Å². The lowest BCUT2D eigenvalue weighted by molar-refractivity contribution is -0.114. The Hall–Kier alpha value is -3.06. The normalized spacial score (nSPS) is 13.7. The molecular formula is C26H33ClN4O3. The molecule has 182 valence electrons. The molecule has 3 amide bonds. The molecule has 2 aromatic carbocycles. The molecule has 0 heterocycles. The average molecular weight is 485 g/mol. The molecule has 7 nitrogen and oxygen atoms in total. The van der Waals surface area contributed by atoms with Gasteiger partial charge in [-0.2, -0.15) is 0 Å². The lowest BCUT2D eigenvalue weighted by Crippen LogP contribution is -2.36. The second-order valence-electron chi connectivity index (χ2n) is 8.60. The third-order valence-corrected chi connectivity index (χ3v) is 6.16. The van der Waals surface area contributed by atoms with Crippen LogP contribution in [0.25, 0.3) is 0 Å². The first-order chi connectivity index (χ1) is 16.5. The second kappa shape index (κ2) is 13.0. The summed E-state index contributed by atoms with van der Waals surface area (Å²) in [4.78, 5) is 37.4. The van der Waals surface area contributed by atoms with Gasteiger partial charge in [-0.25, -0.2) is 0 Å². The highest BCUT2D eigenvalue weighted by molar-refractivity contribution is 6.34. The second-order valence-corrected chi connectivity index (χ2v) is 9.00. The van der Waals surface area contributed by atoms with Crippen LogP contribution < -0.4 is 21.3 Å². The van der Waals surface area contributed by atoms with Crippen molar-refractivity contribution < 1.29 is 14.4 Å². The fourth-order valence-corrected chi connectivity index (χ4v) is 4.13. The highest BCUT2D eigenvalue weighted by Gasteiger charge is 2.19. The van der Waals surface area contributed by atoms with Gasteiger partial charge < -0.3 is 21.3 Å². The van der Waals surface area contributed by atoms with Crippen LogP contribution in [0.15, 0.2) is 42.5 Å². The zero-order chi connectivity index (χ0) is 24.3. The van der Waals surface area contributed by atoms with Gasteiger partial charge in [-0.1, -0.05) is 50.3 Å². The van der Waals surface area contributed by atoms with Gasteiger partial charge in [-0.15, -0.1) is 0 Å². The Morgan fingerprint density at radius 1 is 0.971 bits per heavy atom. The van der Waals surface area contributed by atoms with Crippen molar-refractivity contribution in [3.8, 4) is 0 Å². The number of hydrogen-bond acceptors (Lipinski definition) is 4. The number of rotatable bonds is 10. The zero-order valence-electron chi connectivity index (χ0n) is 19.6. The quantitative estimate of drug-likeness (QED) is 0.357. The van der Waals surface area contributed by atoms with Crippen molar-refractivity contribution in [3.05, 3.63) is 58.6 Å². The Labute approximate surface area is 206 Å². The first-order valence-corrected chi connectivity index (χ1v) is 12.4. The lowest BCUT2D eigenvalue weighted by atomic mass is 9.95. The highest BCUT2D eigenvalue weighted by Crippen LogP contribution is 2.23. The molecule has 0 atom stereocenters. The first-order valence-electron chi connectivity index (χ1n) is 12.0. The Kier molecular flexibility index (Phi) is 9.76. The van der Waals surface area contributed by atoms with Crippen molar-refractivity contribution in [3.63, 3.8) is 0 Å². The molecule has 0 bridgehead atoms. The molecule has 1 aliphatic carbocycles. The molecule has 0 aliphatic heterocycles. The van der Waals surface area contributed by atoms with Gasteiger partial charge in [-0.05, 0) is 55.7 Å². The fraction of sp³-hybridized carbons (Fsp3) is 0.423. The van der Waals surface area contributed by atoms with Crippen molar-refractivity contribution in [2.45, 2.75) is 57.9 Å². The van der Waals surface area contributed by atoms with E-state index in [9.17, 15) is 14.4 Å². The smallest absolute Gasteiger partial charge is 0.253 e. The van der Waals surface area contributed by atoms with E-state index in [1.807, 2.05) is 0 Å². The van der Waals surface area contributed by atoms with Crippen molar-refractivity contribution >= 4 is 40.7 Å². The van der Waals surface area contributed by atoms with Crippen LogP contribution in [0.3, 0.4) is 0 Å². The number of anilines is 2. The molecular weight excluding hydrogens is 452 g/mol. The van der Waals surface area contributed by atoms with E-state index in [-0.39, 0.29) is 30.3 Å². The third-order valence-electron chi connectivity index (χ3n) is 5.83. The van der Waals surface area contributed by atoms with Crippen LogP contribution in [-0.4, -0.2) is 36.9 Å². The maximum absolute atomic E-state index is 12.7. The van der Waals surface area contributed by atoms with E-state index in [2.05, 4.69) is 28.2 Å². The number of nitrogens with one attached hydrogen (secondary N) is 4. The molecule has 0 saturated heterocycles. The number of carbonyl (C=O) groups is 3. The summed E-state index contributed by atoms with van der Waals surface area (Å²) in [6.45, 7) is 2.71. The molecule has 2 aromatic rings. The lowest BCUT2D eigenvalue weighted by Gasteiger charge is -2.23. The summed E-state index contributed by atoms with van der Waals surface area (Å²) in [5.41, 5.74) is 2.05. The van der Waals surface area contributed by atoms with Gasteiger partial charge in [0.2, 0.25) is 5.91 Å². The van der Waals surface area contributed by atoms with Crippen LogP contribution >= 0.6 is 11.6 Å². The number of carbonyl (C=O) groups excluding carboxylic acids is 3. The first kappa shape index (κ1) is 25.6. The Bertz CT molecular complexity index is 1010. The van der Waals surface area contributed by atoms with E-state index in [0.29, 0.717) is 34.1 Å². The van der Waals surface area contributed by atoms with Gasteiger partial charge in [0.25, 0.3) is 11.8 Å². The molecule has 1 saturated carbocycles. The monoisotopic (exact) mass is 484 g/mol. The van der Waals surface area contributed by atoms with Crippen LogP contribution in [0.5, 0.6) is 0 Å². The molecule has 0 aromatic heterocycles. The maximum Gasteiger partial charge on any atom is 0.253 e. The topological polar surface area (TPSA) is 99.3 Å². The average Bonchev–Trinajstić information content (AvgIpc) is 2.85. The number of benzene rings is 2. The molecule has 0 unspecified atom stereocenters. The fourth-order valence-electron chi connectivity index (χ4n) is 3.93. The van der Waals surface area contributed by atoms with Crippen LogP contribution in [-0.2, 0) is 4.79 Å². The summed E-state index contributed by atoms with van der Waals surface area (Å²) < 4.78 is 0. The van der Waals surface area contributed by atoms with Crippen molar-refractivity contribution in [1.29, 1.82) is 0 Å². The van der Waals surface area contributed by atoms with Crippen LogP contribution in [0.4, 0.5) is 11.4 Å². The minimum Gasteiger partial charge on any atom is -0.376 e. The Morgan fingerprint density at radius 3 is 2.53 bits per heavy atom. The summed E-state index contributed by atoms with van der Waals surface area (Å²) in [6.07, 6.45) is 7.34. The molecule has 34 heavy (non-hydrogen) atoms. The van der Waals surface area contributed by atoms with E-state index in [0.717, 1.165) is 38.5 Å². The SMILES string of the molecule is CCCCNC(=O)c1cccc(NCC(=O)Nc2ccc(Cl)c(C(=O)NC3CCCCC3)c2)c1. The minimum absolute atomic E-state index is 0.00708. The van der Waals surface area contributed by atoms with Crippen molar-refractivity contribution in [2.75, 3.05) is 23.7 Å². The molecule has 0 radical (unpaired) electrons. The van der Waals surface area contributed by atoms with Crippen molar-refractivity contribution in [1.82, 2.24) is 10.6 Å². The molecule has 8 heteroatoms. The van der Waals surface area contributed by atoms with Crippen LogP contribution in [0.2, 0.25) is 5.02 Å². The number of unbranched alkanes of at least 4 members (excludes halogenated alkanes) is 1. The molecule has 1 fully saturated rings. The van der Waals surface area contributed by atoms with E-state index in [1.165, 1.54) is 6.42 Å². The summed E-state index contributed by atoms with van der Waals surface area (Å²) in [6, 6.07) is 12.1. The van der Waals surface area contributed by atoms with E-state index in [1.54, 1.807) is 42.5 Å². The Morgan fingerprint density at radius 2 is 1.76 bits per heavy atom. The van der Waals surface area contributed by atoms with Gasteiger partial charge in [0.15, 0.2) is 0 Å². The van der Waals surface area contributed by atoms with Gasteiger partial charge in [0.05, 0.1) is 17.1 Å². The standard InChI is InChI=1S/C26H33ClN4O3/c1-2-3-14-28-25(33)18-8-7-11-20(15-18)29-17-24(32)30-21-12-13-23(27)22(16-21)26(34)31-19-9-5-4-6-10-19/h7-8,11-13,15-16,19,29H,2-6,9-10,14,17H2,1H3,(H,28,33)(H,30,32)(H,31,34). The van der Waals surface area contributed by atoms with E-state index >= 15 is 0 Å². The van der Waals surface area contributed by atoms with Gasteiger partial charge >= 0.3 is 0 Å². The molecule has 1 aliphatic rings. The van der Waals surface area contributed by atoms with Crippen LogP contribution in [0.1, 0.15) is 72.6 Å². The largest absolute Gasteiger partial charge is 0.376 e. The zero-order valence-corrected chi connectivity index (χ0v) is 20.3.